The molecule has 1 aromatic heterocycles. The van der Waals surface area contributed by atoms with Crippen LogP contribution in [0, 0.1) is 0 Å². The van der Waals surface area contributed by atoms with E-state index in [9.17, 15) is 14.4 Å². The number of ether oxygens (including phenoxy) is 1. The summed E-state index contributed by atoms with van der Waals surface area (Å²) in [6, 6.07) is 15.9. The van der Waals surface area contributed by atoms with Gasteiger partial charge >= 0.3 is 0 Å². The summed E-state index contributed by atoms with van der Waals surface area (Å²) < 4.78 is 10.7. The van der Waals surface area contributed by atoms with Gasteiger partial charge in [0.05, 0.1) is 25.0 Å². The second-order valence-corrected chi connectivity index (χ2v) is 7.62. The van der Waals surface area contributed by atoms with Gasteiger partial charge < -0.3 is 14.1 Å². The average Bonchev–Trinajstić information content (AvgIpc) is 3.42. The Labute approximate surface area is 190 Å². The molecule has 1 aliphatic rings. The van der Waals surface area contributed by atoms with Gasteiger partial charge in [0.25, 0.3) is 11.8 Å². The number of rotatable bonds is 7. The number of imide groups is 1. The number of nitrogens with zero attached hydrogens (tertiary/aromatic N) is 2. The Balaban J connectivity index is 1.65. The Morgan fingerprint density at radius 1 is 1.12 bits per heavy atom. The molecule has 3 amide bonds. The summed E-state index contributed by atoms with van der Waals surface area (Å²) in [6.07, 6.45) is 1.25. The van der Waals surface area contributed by atoms with Gasteiger partial charge in [0.2, 0.25) is 5.91 Å². The third-order valence-corrected chi connectivity index (χ3v) is 5.57. The minimum absolute atomic E-state index is 0.0556. The number of benzene rings is 2. The summed E-state index contributed by atoms with van der Waals surface area (Å²) >= 11 is 6.30. The molecule has 2 aromatic carbocycles. The van der Waals surface area contributed by atoms with Gasteiger partial charge in [-0.2, -0.15) is 0 Å². The summed E-state index contributed by atoms with van der Waals surface area (Å²) in [4.78, 5) is 41.8. The molecule has 0 aliphatic carbocycles. The lowest BCUT2D eigenvalue weighted by Gasteiger charge is -2.27. The van der Waals surface area contributed by atoms with Crippen LogP contribution in [-0.4, -0.2) is 35.3 Å². The highest BCUT2D eigenvalue weighted by atomic mass is 35.5. The largest absolute Gasteiger partial charge is 0.494 e. The van der Waals surface area contributed by atoms with E-state index in [1.165, 1.54) is 17.2 Å². The topological polar surface area (TPSA) is 80.1 Å². The van der Waals surface area contributed by atoms with E-state index in [0.717, 1.165) is 4.90 Å². The molecule has 0 spiro atoms. The zero-order valence-electron chi connectivity index (χ0n) is 17.4. The molecule has 3 aromatic rings. The van der Waals surface area contributed by atoms with Gasteiger partial charge in [0, 0.05) is 11.6 Å². The molecule has 8 heteroatoms. The minimum atomic E-state index is -0.983. The molecule has 1 saturated heterocycles. The Bertz CT molecular complexity index is 1130. The highest BCUT2D eigenvalue weighted by Crippen LogP contribution is 2.30. The van der Waals surface area contributed by atoms with E-state index in [0.29, 0.717) is 28.6 Å². The van der Waals surface area contributed by atoms with Gasteiger partial charge in [-0.05, 0) is 55.0 Å². The van der Waals surface area contributed by atoms with Crippen molar-refractivity contribution in [2.45, 2.75) is 25.9 Å². The van der Waals surface area contributed by atoms with E-state index in [2.05, 4.69) is 0 Å². The van der Waals surface area contributed by atoms with Crippen LogP contribution in [0.3, 0.4) is 0 Å². The lowest BCUT2D eigenvalue weighted by atomic mass is 10.1. The van der Waals surface area contributed by atoms with Crippen LogP contribution >= 0.6 is 11.6 Å². The standard InChI is InChI=1S/C24H21ClN2O5/c1-2-31-18-11-9-17(10-12-18)27-22(28)14-20(23(27)29)26(24(30)21-8-5-13-32-21)15-16-6-3-4-7-19(16)25/h3-13,20H,2,14-15H2,1H3. The maximum Gasteiger partial charge on any atom is 0.290 e. The fraction of sp³-hybridized carbons (Fsp3) is 0.208. The molecule has 1 unspecified atom stereocenters. The van der Waals surface area contributed by atoms with Crippen molar-refractivity contribution < 1.29 is 23.5 Å². The monoisotopic (exact) mass is 452 g/mol. The van der Waals surface area contributed by atoms with Crippen molar-refractivity contribution in [1.82, 2.24) is 4.90 Å². The predicted molar refractivity (Wildman–Crippen MR) is 119 cm³/mol. The third-order valence-electron chi connectivity index (χ3n) is 5.20. The smallest absolute Gasteiger partial charge is 0.290 e. The Hall–Kier alpha value is -3.58. The number of hydrogen-bond acceptors (Lipinski definition) is 5. The van der Waals surface area contributed by atoms with E-state index in [1.807, 2.05) is 6.92 Å². The summed E-state index contributed by atoms with van der Waals surface area (Å²) in [7, 11) is 0. The van der Waals surface area contributed by atoms with E-state index < -0.39 is 17.9 Å². The number of halogens is 1. The fourth-order valence-electron chi connectivity index (χ4n) is 3.66. The summed E-state index contributed by atoms with van der Waals surface area (Å²) in [5, 5.41) is 0.463. The first-order valence-electron chi connectivity index (χ1n) is 10.2. The van der Waals surface area contributed by atoms with Gasteiger partial charge in [-0.1, -0.05) is 29.8 Å². The molecule has 0 bridgehead atoms. The van der Waals surface area contributed by atoms with Gasteiger partial charge in [-0.25, -0.2) is 4.90 Å². The Kier molecular flexibility index (Phi) is 6.28. The van der Waals surface area contributed by atoms with E-state index in [4.69, 9.17) is 20.8 Å². The van der Waals surface area contributed by atoms with Crippen LogP contribution in [0.25, 0.3) is 0 Å². The van der Waals surface area contributed by atoms with Crippen molar-refractivity contribution in [3.05, 3.63) is 83.3 Å². The Morgan fingerprint density at radius 2 is 1.88 bits per heavy atom. The van der Waals surface area contributed by atoms with Crippen molar-refractivity contribution in [1.29, 1.82) is 0 Å². The number of carbonyl (C=O) groups excluding carboxylic acids is 3. The quantitative estimate of drug-likeness (QED) is 0.499. The predicted octanol–water partition coefficient (Wildman–Crippen LogP) is 4.31. The average molecular weight is 453 g/mol. The Morgan fingerprint density at radius 3 is 2.53 bits per heavy atom. The zero-order valence-corrected chi connectivity index (χ0v) is 18.1. The van der Waals surface area contributed by atoms with Crippen LogP contribution in [0.4, 0.5) is 5.69 Å². The number of amides is 3. The van der Waals surface area contributed by atoms with Crippen LogP contribution in [-0.2, 0) is 16.1 Å². The third kappa shape index (κ3) is 4.24. The van der Waals surface area contributed by atoms with E-state index in [-0.39, 0.29) is 24.6 Å². The first-order chi connectivity index (χ1) is 15.5. The summed E-state index contributed by atoms with van der Waals surface area (Å²) in [5.41, 5.74) is 1.09. The molecule has 4 rings (SSSR count). The molecule has 0 saturated carbocycles. The first kappa shape index (κ1) is 21.6. The molecule has 7 nitrogen and oxygen atoms in total. The first-order valence-corrected chi connectivity index (χ1v) is 10.5. The summed E-state index contributed by atoms with van der Waals surface area (Å²) in [6.45, 7) is 2.44. The molecule has 2 heterocycles. The van der Waals surface area contributed by atoms with Gasteiger partial charge in [-0.3, -0.25) is 14.4 Å². The van der Waals surface area contributed by atoms with Crippen LogP contribution in [0.1, 0.15) is 29.5 Å². The fourth-order valence-corrected chi connectivity index (χ4v) is 3.86. The van der Waals surface area contributed by atoms with Crippen molar-refractivity contribution in [2.75, 3.05) is 11.5 Å². The maximum absolute atomic E-state index is 13.3. The molecule has 164 valence electrons. The highest BCUT2D eigenvalue weighted by molar-refractivity contribution is 6.31. The molecule has 0 N–H and O–H groups in total. The second kappa shape index (κ2) is 9.28. The normalized spacial score (nSPS) is 15.8. The SMILES string of the molecule is CCOc1ccc(N2C(=O)CC(N(Cc3ccccc3Cl)C(=O)c3ccco3)C2=O)cc1. The lowest BCUT2D eigenvalue weighted by Crippen LogP contribution is -2.45. The number of furan rings is 1. The number of carbonyl (C=O) groups is 3. The molecule has 1 fully saturated rings. The van der Waals surface area contributed by atoms with Gasteiger partial charge in [0.15, 0.2) is 5.76 Å². The lowest BCUT2D eigenvalue weighted by molar-refractivity contribution is -0.122. The van der Waals surface area contributed by atoms with Crippen LogP contribution in [0.2, 0.25) is 5.02 Å². The van der Waals surface area contributed by atoms with Crippen molar-refractivity contribution in [3.63, 3.8) is 0 Å². The van der Waals surface area contributed by atoms with E-state index in [1.54, 1.807) is 54.6 Å². The number of anilines is 1. The number of hydrogen-bond donors (Lipinski definition) is 0. The van der Waals surface area contributed by atoms with Crippen molar-refractivity contribution >= 4 is 35.0 Å². The van der Waals surface area contributed by atoms with Crippen LogP contribution in [0.5, 0.6) is 5.75 Å². The summed E-state index contributed by atoms with van der Waals surface area (Å²) in [5.74, 6) is -0.640. The minimum Gasteiger partial charge on any atom is -0.494 e. The van der Waals surface area contributed by atoms with Crippen molar-refractivity contribution in [3.8, 4) is 5.75 Å². The molecular weight excluding hydrogens is 432 g/mol. The molecular formula is C24H21ClN2O5. The molecule has 1 atom stereocenters. The molecule has 0 radical (unpaired) electrons. The maximum atomic E-state index is 13.3. The molecule has 1 aliphatic heterocycles. The van der Waals surface area contributed by atoms with Gasteiger partial charge in [-0.15, -0.1) is 0 Å². The van der Waals surface area contributed by atoms with Gasteiger partial charge in [0.1, 0.15) is 11.8 Å². The molecule has 32 heavy (non-hydrogen) atoms. The highest BCUT2D eigenvalue weighted by Gasteiger charge is 2.45. The van der Waals surface area contributed by atoms with Crippen LogP contribution in [0.15, 0.2) is 71.3 Å². The van der Waals surface area contributed by atoms with Crippen molar-refractivity contribution in [2.24, 2.45) is 0 Å². The van der Waals surface area contributed by atoms with Crippen LogP contribution < -0.4 is 9.64 Å². The second-order valence-electron chi connectivity index (χ2n) is 7.22. The van der Waals surface area contributed by atoms with E-state index >= 15 is 0 Å². The zero-order chi connectivity index (χ0) is 22.7.